The zero-order valence-electron chi connectivity index (χ0n) is 10.5. The van der Waals surface area contributed by atoms with Gasteiger partial charge in [0, 0.05) is 11.9 Å². The Hall–Kier alpha value is -1.91. The summed E-state index contributed by atoms with van der Waals surface area (Å²) in [5, 5.41) is 9.19. The van der Waals surface area contributed by atoms with E-state index in [0.29, 0.717) is 6.42 Å². The van der Waals surface area contributed by atoms with E-state index in [1.54, 1.807) is 25.3 Å². The minimum Gasteiger partial charge on any atom is -0.480 e. The molecule has 0 aromatic carbocycles. The molecular formula is C13H17NO4. The summed E-state index contributed by atoms with van der Waals surface area (Å²) >= 11 is 0. The van der Waals surface area contributed by atoms with Crippen LogP contribution in [0.2, 0.25) is 0 Å². The minimum absolute atomic E-state index is 0.165. The van der Waals surface area contributed by atoms with Crippen molar-refractivity contribution < 1.29 is 19.4 Å². The Labute approximate surface area is 106 Å². The molecule has 5 nitrogen and oxygen atoms in total. The van der Waals surface area contributed by atoms with Crippen molar-refractivity contribution in [3.63, 3.8) is 0 Å². The third-order valence-corrected chi connectivity index (χ3v) is 2.81. The van der Waals surface area contributed by atoms with Gasteiger partial charge in [0.25, 0.3) is 0 Å². The van der Waals surface area contributed by atoms with Crippen LogP contribution in [0.4, 0.5) is 0 Å². The van der Waals surface area contributed by atoms with Gasteiger partial charge in [0.1, 0.15) is 0 Å². The van der Waals surface area contributed by atoms with Crippen molar-refractivity contribution in [3.05, 3.63) is 30.1 Å². The van der Waals surface area contributed by atoms with E-state index in [1.807, 2.05) is 6.07 Å². The van der Waals surface area contributed by atoms with Crippen LogP contribution in [0.25, 0.3) is 0 Å². The van der Waals surface area contributed by atoms with E-state index in [1.165, 1.54) is 6.92 Å². The summed E-state index contributed by atoms with van der Waals surface area (Å²) in [5.41, 5.74) is -0.762. The van der Waals surface area contributed by atoms with Gasteiger partial charge in [-0.15, -0.1) is 0 Å². The van der Waals surface area contributed by atoms with Crippen molar-refractivity contribution in [2.75, 3.05) is 6.61 Å². The van der Waals surface area contributed by atoms with E-state index in [4.69, 9.17) is 4.74 Å². The first-order chi connectivity index (χ1) is 8.50. The van der Waals surface area contributed by atoms with E-state index < -0.39 is 17.4 Å². The normalized spacial score (nSPS) is 13.7. The number of hydrogen-bond donors (Lipinski definition) is 1. The molecule has 0 spiro atoms. The monoisotopic (exact) mass is 251 g/mol. The molecule has 1 heterocycles. The van der Waals surface area contributed by atoms with Crippen LogP contribution >= 0.6 is 0 Å². The number of carbonyl (C=O) groups is 2. The minimum atomic E-state index is -1.52. The Morgan fingerprint density at radius 1 is 1.44 bits per heavy atom. The molecule has 0 aliphatic heterocycles. The lowest BCUT2D eigenvalue weighted by molar-refractivity contribution is -0.167. The highest BCUT2D eigenvalue weighted by Crippen LogP contribution is 2.25. The number of esters is 1. The highest BCUT2D eigenvalue weighted by atomic mass is 16.5. The predicted molar refractivity (Wildman–Crippen MR) is 64.9 cm³/mol. The number of nitrogens with zero attached hydrogens (tertiary/aromatic N) is 1. The lowest BCUT2D eigenvalue weighted by atomic mass is 9.85. The Morgan fingerprint density at radius 3 is 2.67 bits per heavy atom. The van der Waals surface area contributed by atoms with Crippen LogP contribution in [0, 0.1) is 5.41 Å². The molecule has 1 atom stereocenters. The standard InChI is InChI=1S/C13H17NO4/c1-3-18-12(17)13(2,11(15)16)8-7-10-6-4-5-9-14-10/h4-6,9H,3,7-8H2,1-2H3,(H,15,16). The molecule has 1 rings (SSSR count). The first kappa shape index (κ1) is 14.2. The van der Waals surface area contributed by atoms with Gasteiger partial charge in [-0.05, 0) is 38.8 Å². The zero-order chi connectivity index (χ0) is 13.6. The summed E-state index contributed by atoms with van der Waals surface area (Å²) in [6.45, 7) is 3.21. The highest BCUT2D eigenvalue weighted by Gasteiger charge is 2.42. The molecule has 0 fully saturated rings. The van der Waals surface area contributed by atoms with Gasteiger partial charge in [-0.25, -0.2) is 0 Å². The molecule has 5 heteroatoms. The smallest absolute Gasteiger partial charge is 0.323 e. The molecule has 0 aliphatic carbocycles. The summed E-state index contributed by atoms with van der Waals surface area (Å²) in [7, 11) is 0. The molecule has 1 unspecified atom stereocenters. The zero-order valence-corrected chi connectivity index (χ0v) is 10.5. The number of aryl methyl sites for hydroxylation is 1. The number of rotatable bonds is 6. The molecular weight excluding hydrogens is 234 g/mol. The average molecular weight is 251 g/mol. The first-order valence-corrected chi connectivity index (χ1v) is 5.81. The van der Waals surface area contributed by atoms with E-state index in [2.05, 4.69) is 4.98 Å². The summed E-state index contributed by atoms with van der Waals surface area (Å²) in [5.74, 6) is -1.87. The lowest BCUT2D eigenvalue weighted by Gasteiger charge is -2.22. The number of hydrogen-bond acceptors (Lipinski definition) is 4. The number of pyridine rings is 1. The van der Waals surface area contributed by atoms with Gasteiger partial charge in [0.2, 0.25) is 0 Å². The van der Waals surface area contributed by atoms with Crippen LogP contribution in [0.5, 0.6) is 0 Å². The summed E-state index contributed by atoms with van der Waals surface area (Å²) in [6, 6.07) is 5.41. The number of ether oxygens (including phenoxy) is 1. The first-order valence-electron chi connectivity index (χ1n) is 5.81. The largest absolute Gasteiger partial charge is 0.480 e. The summed E-state index contributed by atoms with van der Waals surface area (Å²) in [4.78, 5) is 27.0. The average Bonchev–Trinajstić information content (AvgIpc) is 2.37. The highest BCUT2D eigenvalue weighted by molar-refractivity contribution is 5.98. The van der Waals surface area contributed by atoms with Crippen molar-refractivity contribution in [1.29, 1.82) is 0 Å². The maximum Gasteiger partial charge on any atom is 0.323 e. The van der Waals surface area contributed by atoms with Crippen LogP contribution in [0.1, 0.15) is 26.0 Å². The molecule has 0 bridgehead atoms. The van der Waals surface area contributed by atoms with Gasteiger partial charge in [0.05, 0.1) is 6.61 Å². The van der Waals surface area contributed by atoms with Crippen molar-refractivity contribution in [2.45, 2.75) is 26.7 Å². The molecule has 0 saturated heterocycles. The van der Waals surface area contributed by atoms with Gasteiger partial charge in [-0.1, -0.05) is 6.07 Å². The van der Waals surface area contributed by atoms with Gasteiger partial charge in [0.15, 0.2) is 5.41 Å². The molecule has 18 heavy (non-hydrogen) atoms. The number of aromatic nitrogens is 1. The molecule has 0 radical (unpaired) electrons. The lowest BCUT2D eigenvalue weighted by Crippen LogP contribution is -2.38. The quantitative estimate of drug-likeness (QED) is 0.614. The summed E-state index contributed by atoms with van der Waals surface area (Å²) < 4.78 is 4.82. The van der Waals surface area contributed by atoms with Crippen LogP contribution in [0.15, 0.2) is 24.4 Å². The second-order valence-corrected chi connectivity index (χ2v) is 4.18. The number of carbonyl (C=O) groups excluding carboxylic acids is 1. The molecule has 1 N–H and O–H groups in total. The second kappa shape index (κ2) is 6.14. The Morgan fingerprint density at radius 2 is 2.17 bits per heavy atom. The molecule has 0 aliphatic rings. The summed E-state index contributed by atoms with van der Waals surface area (Å²) in [6.07, 6.45) is 2.22. The van der Waals surface area contributed by atoms with Crippen LogP contribution in [-0.4, -0.2) is 28.6 Å². The molecule has 98 valence electrons. The molecule has 0 amide bonds. The second-order valence-electron chi connectivity index (χ2n) is 4.18. The van der Waals surface area contributed by atoms with E-state index in [9.17, 15) is 14.7 Å². The third kappa shape index (κ3) is 3.29. The fourth-order valence-electron chi connectivity index (χ4n) is 1.51. The predicted octanol–water partition coefficient (Wildman–Crippen LogP) is 1.67. The van der Waals surface area contributed by atoms with Crippen molar-refractivity contribution >= 4 is 11.9 Å². The molecule has 0 saturated carbocycles. The van der Waals surface area contributed by atoms with Crippen molar-refractivity contribution in [2.24, 2.45) is 5.41 Å². The Balaban J connectivity index is 2.75. The Bertz CT molecular complexity index is 418. The van der Waals surface area contributed by atoms with Gasteiger partial charge in [-0.2, -0.15) is 0 Å². The molecule has 1 aromatic heterocycles. The Kier molecular flexibility index (Phi) is 4.83. The van der Waals surface area contributed by atoms with E-state index in [0.717, 1.165) is 5.69 Å². The van der Waals surface area contributed by atoms with E-state index >= 15 is 0 Å². The van der Waals surface area contributed by atoms with Crippen molar-refractivity contribution in [3.8, 4) is 0 Å². The maximum absolute atomic E-state index is 11.7. The van der Waals surface area contributed by atoms with Gasteiger partial charge in [-0.3, -0.25) is 14.6 Å². The topological polar surface area (TPSA) is 76.5 Å². The molecule has 1 aromatic rings. The van der Waals surface area contributed by atoms with Gasteiger partial charge < -0.3 is 9.84 Å². The van der Waals surface area contributed by atoms with Crippen molar-refractivity contribution in [1.82, 2.24) is 4.98 Å². The van der Waals surface area contributed by atoms with Gasteiger partial charge >= 0.3 is 11.9 Å². The number of aliphatic carboxylic acids is 1. The SMILES string of the molecule is CCOC(=O)C(C)(CCc1ccccn1)C(=O)O. The third-order valence-electron chi connectivity index (χ3n) is 2.81. The number of carboxylic acid groups (broad SMARTS) is 1. The maximum atomic E-state index is 11.7. The van der Waals surface area contributed by atoms with E-state index in [-0.39, 0.29) is 13.0 Å². The van der Waals surface area contributed by atoms with Crippen LogP contribution in [0.3, 0.4) is 0 Å². The van der Waals surface area contributed by atoms with Crippen LogP contribution < -0.4 is 0 Å². The van der Waals surface area contributed by atoms with Crippen LogP contribution in [-0.2, 0) is 20.7 Å². The fourth-order valence-corrected chi connectivity index (χ4v) is 1.51. The fraction of sp³-hybridized carbons (Fsp3) is 0.462. The number of carboxylic acids is 1.